The van der Waals surface area contributed by atoms with Gasteiger partial charge in [-0.25, -0.2) is 0 Å². The third-order valence-corrected chi connectivity index (χ3v) is 3.35. The molecule has 1 aliphatic rings. The molecule has 1 aromatic carbocycles. The van der Waals surface area contributed by atoms with Crippen molar-refractivity contribution in [3.8, 4) is 0 Å². The van der Waals surface area contributed by atoms with Gasteiger partial charge >= 0.3 is 0 Å². The maximum Gasteiger partial charge on any atom is 0.291 e. The number of benzene rings is 1. The van der Waals surface area contributed by atoms with Gasteiger partial charge in [0.25, 0.3) is 5.91 Å². The second kappa shape index (κ2) is 5.79. The van der Waals surface area contributed by atoms with Crippen molar-refractivity contribution in [2.45, 2.75) is 0 Å². The molecule has 0 aliphatic carbocycles. The number of hydrogen-bond acceptors (Lipinski definition) is 4. The molecule has 5 heteroatoms. The van der Waals surface area contributed by atoms with Gasteiger partial charge in [0.1, 0.15) is 0 Å². The lowest BCUT2D eigenvalue weighted by Gasteiger charge is -2.29. The fourth-order valence-corrected chi connectivity index (χ4v) is 2.28. The summed E-state index contributed by atoms with van der Waals surface area (Å²) in [5.41, 5.74) is 1.95. The number of anilines is 2. The smallest absolute Gasteiger partial charge is 0.291 e. The Kier molecular flexibility index (Phi) is 3.69. The summed E-state index contributed by atoms with van der Waals surface area (Å²) in [6.07, 6.45) is 1.49. The van der Waals surface area contributed by atoms with Crippen molar-refractivity contribution in [1.82, 2.24) is 5.32 Å². The van der Waals surface area contributed by atoms with Crippen molar-refractivity contribution in [3.05, 3.63) is 48.4 Å². The van der Waals surface area contributed by atoms with Crippen LogP contribution in [0.15, 0.2) is 47.1 Å². The summed E-state index contributed by atoms with van der Waals surface area (Å²) in [5, 5.41) is 6.14. The van der Waals surface area contributed by atoms with E-state index in [1.165, 1.54) is 12.0 Å². The Morgan fingerprint density at radius 1 is 1.15 bits per heavy atom. The van der Waals surface area contributed by atoms with Crippen LogP contribution in [-0.4, -0.2) is 32.1 Å². The summed E-state index contributed by atoms with van der Waals surface area (Å²) in [7, 11) is 0. The number of nitrogens with zero attached hydrogens (tertiary/aromatic N) is 1. The second-order valence-corrected chi connectivity index (χ2v) is 4.72. The first-order valence-electron chi connectivity index (χ1n) is 6.73. The fourth-order valence-electron chi connectivity index (χ4n) is 2.28. The number of rotatable bonds is 3. The van der Waals surface area contributed by atoms with Gasteiger partial charge in [0.2, 0.25) is 0 Å². The highest BCUT2D eigenvalue weighted by Gasteiger charge is 2.11. The zero-order chi connectivity index (χ0) is 13.8. The van der Waals surface area contributed by atoms with Gasteiger partial charge in [0.15, 0.2) is 5.76 Å². The third kappa shape index (κ3) is 2.83. The summed E-state index contributed by atoms with van der Waals surface area (Å²) < 4.78 is 5.06. The maximum absolute atomic E-state index is 11.8. The standard InChI is InChI=1S/C15H17N3O2/c19-15(14-2-1-11-20-14)17-12-3-5-13(6-4-12)18-9-7-16-8-10-18/h1-6,11,16H,7-10H2,(H,17,19). The van der Waals surface area contributed by atoms with Crippen LogP contribution in [-0.2, 0) is 0 Å². The number of nitrogens with one attached hydrogen (secondary N) is 2. The summed E-state index contributed by atoms with van der Waals surface area (Å²) in [6, 6.07) is 11.2. The average molecular weight is 271 g/mol. The summed E-state index contributed by atoms with van der Waals surface area (Å²) in [6.45, 7) is 4.05. The first kappa shape index (κ1) is 12.7. The minimum Gasteiger partial charge on any atom is -0.459 e. The Hall–Kier alpha value is -2.27. The summed E-state index contributed by atoms with van der Waals surface area (Å²) in [5.74, 6) is 0.0844. The van der Waals surface area contributed by atoms with Gasteiger partial charge in [-0.3, -0.25) is 4.79 Å². The number of furan rings is 1. The topological polar surface area (TPSA) is 57.5 Å². The van der Waals surface area contributed by atoms with Gasteiger partial charge in [0.05, 0.1) is 6.26 Å². The van der Waals surface area contributed by atoms with Crippen LogP contribution < -0.4 is 15.5 Å². The van der Waals surface area contributed by atoms with Crippen molar-refractivity contribution < 1.29 is 9.21 Å². The second-order valence-electron chi connectivity index (χ2n) is 4.72. The molecule has 2 N–H and O–H groups in total. The molecule has 0 atom stereocenters. The lowest BCUT2D eigenvalue weighted by molar-refractivity contribution is 0.0996. The van der Waals surface area contributed by atoms with E-state index in [-0.39, 0.29) is 5.91 Å². The fraction of sp³-hybridized carbons (Fsp3) is 0.267. The Morgan fingerprint density at radius 2 is 1.90 bits per heavy atom. The van der Waals surface area contributed by atoms with Crippen molar-refractivity contribution in [1.29, 1.82) is 0 Å². The van der Waals surface area contributed by atoms with Crippen LogP contribution in [0.1, 0.15) is 10.6 Å². The van der Waals surface area contributed by atoms with Crippen molar-refractivity contribution in [2.75, 3.05) is 36.4 Å². The quantitative estimate of drug-likeness (QED) is 0.895. The van der Waals surface area contributed by atoms with Crippen LogP contribution in [0.5, 0.6) is 0 Å². The van der Waals surface area contributed by atoms with E-state index in [1.54, 1.807) is 12.1 Å². The monoisotopic (exact) mass is 271 g/mol. The molecule has 0 unspecified atom stereocenters. The minimum atomic E-state index is -0.232. The average Bonchev–Trinajstić information content (AvgIpc) is 3.03. The molecule has 2 aromatic rings. The first-order chi connectivity index (χ1) is 9.83. The molecule has 0 saturated carbocycles. The van der Waals surface area contributed by atoms with E-state index in [4.69, 9.17) is 4.42 Å². The molecule has 0 bridgehead atoms. The SMILES string of the molecule is O=C(Nc1ccc(N2CCNCC2)cc1)c1ccco1. The predicted molar refractivity (Wildman–Crippen MR) is 78.2 cm³/mol. The van der Waals surface area contributed by atoms with Crippen molar-refractivity contribution in [3.63, 3.8) is 0 Å². The Bertz CT molecular complexity index is 557. The molecule has 2 heterocycles. The zero-order valence-corrected chi connectivity index (χ0v) is 11.1. The normalized spacial score (nSPS) is 15.1. The number of amides is 1. The molecule has 1 aliphatic heterocycles. The molecule has 0 radical (unpaired) electrons. The highest BCUT2D eigenvalue weighted by Crippen LogP contribution is 2.19. The minimum absolute atomic E-state index is 0.232. The van der Waals surface area contributed by atoms with E-state index in [0.29, 0.717) is 5.76 Å². The number of carbonyl (C=O) groups excluding carboxylic acids is 1. The van der Waals surface area contributed by atoms with Gasteiger partial charge in [-0.15, -0.1) is 0 Å². The molecule has 5 nitrogen and oxygen atoms in total. The molecule has 1 saturated heterocycles. The molecule has 20 heavy (non-hydrogen) atoms. The van der Waals surface area contributed by atoms with Crippen LogP contribution in [0, 0.1) is 0 Å². The Labute approximate surface area is 117 Å². The van der Waals surface area contributed by atoms with E-state index < -0.39 is 0 Å². The Balaban J connectivity index is 1.65. The first-order valence-corrected chi connectivity index (χ1v) is 6.73. The molecule has 0 spiro atoms. The predicted octanol–water partition coefficient (Wildman–Crippen LogP) is 1.94. The molecular formula is C15H17N3O2. The number of piperazine rings is 1. The van der Waals surface area contributed by atoms with Gasteiger partial charge in [-0.2, -0.15) is 0 Å². The van der Waals surface area contributed by atoms with Gasteiger partial charge < -0.3 is 20.0 Å². The van der Waals surface area contributed by atoms with Crippen LogP contribution >= 0.6 is 0 Å². The number of hydrogen-bond donors (Lipinski definition) is 2. The van der Waals surface area contributed by atoms with Crippen LogP contribution in [0.4, 0.5) is 11.4 Å². The van der Waals surface area contributed by atoms with E-state index in [2.05, 4.69) is 15.5 Å². The molecule has 1 aromatic heterocycles. The van der Waals surface area contributed by atoms with Crippen LogP contribution in [0.2, 0.25) is 0 Å². The van der Waals surface area contributed by atoms with Crippen LogP contribution in [0.3, 0.4) is 0 Å². The third-order valence-electron chi connectivity index (χ3n) is 3.35. The van der Waals surface area contributed by atoms with E-state index in [1.807, 2.05) is 24.3 Å². The highest BCUT2D eigenvalue weighted by atomic mass is 16.3. The van der Waals surface area contributed by atoms with Gasteiger partial charge in [-0.1, -0.05) is 0 Å². The van der Waals surface area contributed by atoms with E-state index in [9.17, 15) is 4.79 Å². The Morgan fingerprint density at radius 3 is 2.55 bits per heavy atom. The molecule has 1 amide bonds. The van der Waals surface area contributed by atoms with Gasteiger partial charge in [-0.05, 0) is 36.4 Å². The van der Waals surface area contributed by atoms with Crippen LogP contribution in [0.25, 0.3) is 0 Å². The molecular weight excluding hydrogens is 254 g/mol. The summed E-state index contributed by atoms with van der Waals surface area (Å²) >= 11 is 0. The van der Waals surface area contributed by atoms with Crippen molar-refractivity contribution >= 4 is 17.3 Å². The van der Waals surface area contributed by atoms with Crippen molar-refractivity contribution in [2.24, 2.45) is 0 Å². The maximum atomic E-state index is 11.8. The zero-order valence-electron chi connectivity index (χ0n) is 11.1. The lowest BCUT2D eigenvalue weighted by atomic mass is 10.2. The largest absolute Gasteiger partial charge is 0.459 e. The van der Waals surface area contributed by atoms with E-state index in [0.717, 1.165) is 31.9 Å². The molecule has 104 valence electrons. The van der Waals surface area contributed by atoms with E-state index >= 15 is 0 Å². The number of carbonyl (C=O) groups is 1. The summed E-state index contributed by atoms with van der Waals surface area (Å²) in [4.78, 5) is 14.2. The van der Waals surface area contributed by atoms with Gasteiger partial charge in [0, 0.05) is 37.6 Å². The highest BCUT2D eigenvalue weighted by molar-refractivity contribution is 6.02. The molecule has 1 fully saturated rings. The molecule has 3 rings (SSSR count). The lowest BCUT2D eigenvalue weighted by Crippen LogP contribution is -2.43.